The summed E-state index contributed by atoms with van der Waals surface area (Å²) in [4.78, 5) is 11.7. The summed E-state index contributed by atoms with van der Waals surface area (Å²) >= 11 is 0. The molecule has 6 heteroatoms. The topological polar surface area (TPSA) is 71.4 Å². The molecule has 22 heavy (non-hydrogen) atoms. The lowest BCUT2D eigenvalue weighted by Crippen LogP contribution is -2.00. The van der Waals surface area contributed by atoms with Crippen molar-refractivity contribution in [2.45, 2.75) is 0 Å². The molecule has 2 N–H and O–H groups in total. The number of fused-ring (bicyclic) bond motifs is 1. The zero-order valence-corrected chi connectivity index (χ0v) is 12.0. The Bertz CT molecular complexity index is 922. The van der Waals surface area contributed by atoms with Gasteiger partial charge in [0, 0.05) is 18.7 Å². The molecule has 0 radical (unpaired) electrons. The van der Waals surface area contributed by atoms with Crippen LogP contribution in [0.15, 0.2) is 54.9 Å². The first-order valence-electron chi connectivity index (χ1n) is 6.96. The van der Waals surface area contributed by atoms with E-state index >= 15 is 0 Å². The van der Waals surface area contributed by atoms with E-state index in [1.807, 2.05) is 55.6 Å². The minimum Gasteiger partial charge on any atom is -0.343 e. The summed E-state index contributed by atoms with van der Waals surface area (Å²) in [5, 5.41) is 7.81. The van der Waals surface area contributed by atoms with Crippen molar-refractivity contribution in [2.75, 3.05) is 5.32 Å². The Labute approximate surface area is 126 Å². The third-order valence-corrected chi connectivity index (χ3v) is 3.49. The van der Waals surface area contributed by atoms with Gasteiger partial charge in [0.25, 0.3) is 0 Å². The number of benzene rings is 1. The van der Waals surface area contributed by atoms with Crippen molar-refractivity contribution in [3.63, 3.8) is 0 Å². The van der Waals surface area contributed by atoms with Crippen LogP contribution in [0.3, 0.4) is 0 Å². The average Bonchev–Trinajstić information content (AvgIpc) is 3.15. The molecule has 0 saturated carbocycles. The highest BCUT2D eigenvalue weighted by Gasteiger charge is 2.08. The Morgan fingerprint density at radius 1 is 1.09 bits per heavy atom. The minimum absolute atomic E-state index is 0.690. The summed E-state index contributed by atoms with van der Waals surface area (Å²) in [6.07, 6.45) is 1.64. The molecule has 0 spiro atoms. The lowest BCUT2D eigenvalue weighted by Gasteiger charge is -2.04. The first kappa shape index (κ1) is 12.6. The van der Waals surface area contributed by atoms with E-state index in [9.17, 15) is 0 Å². The van der Waals surface area contributed by atoms with Crippen molar-refractivity contribution in [3.8, 4) is 11.3 Å². The van der Waals surface area contributed by atoms with Gasteiger partial charge in [-0.05, 0) is 12.1 Å². The monoisotopic (exact) mass is 290 g/mol. The molecule has 0 amide bonds. The van der Waals surface area contributed by atoms with Crippen LogP contribution in [0.2, 0.25) is 0 Å². The second kappa shape index (κ2) is 5.00. The maximum atomic E-state index is 4.53. The van der Waals surface area contributed by atoms with Gasteiger partial charge in [-0.25, -0.2) is 9.97 Å². The number of nitrogens with zero attached hydrogens (tertiary/aromatic N) is 4. The van der Waals surface area contributed by atoms with Crippen LogP contribution < -0.4 is 5.32 Å². The number of hydrogen-bond donors (Lipinski definition) is 2. The first-order chi connectivity index (χ1) is 10.8. The van der Waals surface area contributed by atoms with Crippen LogP contribution in [-0.4, -0.2) is 24.7 Å². The minimum atomic E-state index is 0.690. The SMILES string of the molecule is Cn1nc(-c2ccccc2)cc1Nc1ccc2[nH]cnc2n1. The fourth-order valence-electron chi connectivity index (χ4n) is 2.36. The molecular weight excluding hydrogens is 276 g/mol. The second-order valence-corrected chi connectivity index (χ2v) is 5.00. The number of pyridine rings is 1. The predicted octanol–water partition coefficient (Wildman–Crippen LogP) is 3.10. The maximum absolute atomic E-state index is 4.53. The van der Waals surface area contributed by atoms with E-state index in [4.69, 9.17) is 0 Å². The van der Waals surface area contributed by atoms with Gasteiger partial charge in [-0.15, -0.1) is 0 Å². The fraction of sp³-hybridized carbons (Fsp3) is 0.0625. The van der Waals surface area contributed by atoms with E-state index in [-0.39, 0.29) is 0 Å². The number of hydrogen-bond acceptors (Lipinski definition) is 4. The molecule has 4 aromatic rings. The van der Waals surface area contributed by atoms with Crippen molar-refractivity contribution in [3.05, 3.63) is 54.9 Å². The summed E-state index contributed by atoms with van der Waals surface area (Å²) in [5.74, 6) is 1.61. The number of H-pyrrole nitrogens is 1. The number of rotatable bonds is 3. The molecule has 4 rings (SSSR count). The summed E-state index contributed by atoms with van der Waals surface area (Å²) in [5.41, 5.74) is 3.62. The quantitative estimate of drug-likeness (QED) is 0.608. The van der Waals surface area contributed by atoms with Crippen molar-refractivity contribution < 1.29 is 0 Å². The third-order valence-electron chi connectivity index (χ3n) is 3.49. The largest absolute Gasteiger partial charge is 0.343 e. The summed E-state index contributed by atoms with van der Waals surface area (Å²) in [7, 11) is 1.90. The van der Waals surface area contributed by atoms with Crippen LogP contribution >= 0.6 is 0 Å². The maximum Gasteiger partial charge on any atom is 0.179 e. The first-order valence-corrected chi connectivity index (χ1v) is 6.96. The van der Waals surface area contributed by atoms with Crippen LogP contribution in [-0.2, 0) is 7.05 Å². The van der Waals surface area contributed by atoms with E-state index in [0.717, 1.165) is 28.4 Å². The molecule has 0 fully saturated rings. The fourth-order valence-corrected chi connectivity index (χ4v) is 2.36. The zero-order chi connectivity index (χ0) is 14.9. The van der Waals surface area contributed by atoms with Gasteiger partial charge in [0.2, 0.25) is 0 Å². The Morgan fingerprint density at radius 2 is 1.95 bits per heavy atom. The van der Waals surface area contributed by atoms with Crippen LogP contribution in [0, 0.1) is 0 Å². The zero-order valence-electron chi connectivity index (χ0n) is 12.0. The number of anilines is 2. The van der Waals surface area contributed by atoms with E-state index in [2.05, 4.69) is 25.4 Å². The highest BCUT2D eigenvalue weighted by atomic mass is 15.3. The standard InChI is InChI=1S/C16H14N6/c1-22-15(9-13(21-22)11-5-3-2-4-6-11)19-14-8-7-12-16(20-14)18-10-17-12/h2-10H,1H3,(H2,17,18,19,20). The Balaban J connectivity index is 1.66. The van der Waals surface area contributed by atoms with Gasteiger partial charge in [-0.1, -0.05) is 30.3 Å². The molecule has 1 aromatic carbocycles. The highest BCUT2D eigenvalue weighted by molar-refractivity contribution is 5.73. The lowest BCUT2D eigenvalue weighted by atomic mass is 10.2. The molecule has 0 atom stereocenters. The molecule has 0 aliphatic heterocycles. The van der Waals surface area contributed by atoms with Gasteiger partial charge in [0.15, 0.2) is 5.65 Å². The second-order valence-electron chi connectivity index (χ2n) is 5.00. The van der Waals surface area contributed by atoms with Gasteiger partial charge in [0.1, 0.15) is 11.6 Å². The molecule has 3 aromatic heterocycles. The van der Waals surface area contributed by atoms with Crippen molar-refractivity contribution in [1.82, 2.24) is 24.7 Å². The third kappa shape index (κ3) is 2.20. The molecule has 0 aliphatic rings. The van der Waals surface area contributed by atoms with E-state index in [1.165, 1.54) is 0 Å². The Kier molecular flexibility index (Phi) is 2.86. The van der Waals surface area contributed by atoms with Crippen LogP contribution in [0.4, 0.5) is 11.6 Å². The van der Waals surface area contributed by atoms with Crippen molar-refractivity contribution in [1.29, 1.82) is 0 Å². The van der Waals surface area contributed by atoms with Crippen LogP contribution in [0.25, 0.3) is 22.4 Å². The molecular formula is C16H14N6. The van der Waals surface area contributed by atoms with E-state index in [0.29, 0.717) is 5.65 Å². The molecule has 0 bridgehead atoms. The summed E-state index contributed by atoms with van der Waals surface area (Å²) < 4.78 is 1.80. The Morgan fingerprint density at radius 3 is 2.82 bits per heavy atom. The van der Waals surface area contributed by atoms with Gasteiger partial charge in [-0.3, -0.25) is 4.68 Å². The molecule has 3 heterocycles. The van der Waals surface area contributed by atoms with Crippen molar-refractivity contribution in [2.24, 2.45) is 7.05 Å². The summed E-state index contributed by atoms with van der Waals surface area (Å²) in [6.45, 7) is 0. The van der Waals surface area contributed by atoms with Gasteiger partial charge in [-0.2, -0.15) is 5.10 Å². The average molecular weight is 290 g/mol. The molecule has 108 valence electrons. The van der Waals surface area contributed by atoms with Crippen molar-refractivity contribution >= 4 is 22.8 Å². The predicted molar refractivity (Wildman–Crippen MR) is 85.8 cm³/mol. The van der Waals surface area contributed by atoms with Gasteiger partial charge < -0.3 is 10.3 Å². The Hall–Kier alpha value is -3.15. The van der Waals surface area contributed by atoms with Gasteiger partial charge >= 0.3 is 0 Å². The van der Waals surface area contributed by atoms with E-state index < -0.39 is 0 Å². The smallest absolute Gasteiger partial charge is 0.179 e. The molecule has 0 aliphatic carbocycles. The number of imidazole rings is 1. The molecule has 0 unspecified atom stereocenters. The number of aromatic amines is 1. The normalized spacial score (nSPS) is 11.0. The van der Waals surface area contributed by atoms with Gasteiger partial charge in [0.05, 0.1) is 17.5 Å². The molecule has 0 saturated heterocycles. The number of aryl methyl sites for hydroxylation is 1. The number of aromatic nitrogens is 5. The van der Waals surface area contributed by atoms with Crippen LogP contribution in [0.1, 0.15) is 0 Å². The van der Waals surface area contributed by atoms with Crippen LogP contribution in [0.5, 0.6) is 0 Å². The number of nitrogens with one attached hydrogen (secondary N) is 2. The van der Waals surface area contributed by atoms with E-state index in [1.54, 1.807) is 11.0 Å². The highest BCUT2D eigenvalue weighted by Crippen LogP contribution is 2.23. The molecule has 6 nitrogen and oxygen atoms in total. The lowest BCUT2D eigenvalue weighted by molar-refractivity contribution is 0.779. The summed E-state index contributed by atoms with van der Waals surface area (Å²) in [6, 6.07) is 16.0.